The van der Waals surface area contributed by atoms with Crippen LogP contribution in [0.5, 0.6) is 0 Å². The summed E-state index contributed by atoms with van der Waals surface area (Å²) in [6.45, 7) is 8.80. The van der Waals surface area contributed by atoms with Crippen LogP contribution in [0.1, 0.15) is 52.5 Å². The van der Waals surface area contributed by atoms with Crippen LogP contribution in [-0.4, -0.2) is 34.1 Å². The van der Waals surface area contributed by atoms with E-state index in [1.54, 1.807) is 12.4 Å². The van der Waals surface area contributed by atoms with Crippen molar-refractivity contribution >= 4 is 11.9 Å². The van der Waals surface area contributed by atoms with Crippen molar-refractivity contribution in [3.8, 4) is 0 Å². The van der Waals surface area contributed by atoms with Crippen molar-refractivity contribution < 1.29 is 9.53 Å². The summed E-state index contributed by atoms with van der Waals surface area (Å²) in [6, 6.07) is 0.482. The van der Waals surface area contributed by atoms with Gasteiger partial charge in [-0.3, -0.25) is 4.79 Å². The molecule has 0 bridgehead atoms. The van der Waals surface area contributed by atoms with Crippen LogP contribution in [0, 0.1) is 0 Å². The summed E-state index contributed by atoms with van der Waals surface area (Å²) in [6.07, 6.45) is 7.32. The third-order valence-corrected chi connectivity index (χ3v) is 3.52. The van der Waals surface area contributed by atoms with E-state index in [2.05, 4.69) is 21.8 Å². The van der Waals surface area contributed by atoms with E-state index in [4.69, 9.17) is 4.74 Å². The fraction of sp³-hybridized carbons (Fsp3) is 0.688. The maximum Gasteiger partial charge on any atom is 0.310 e. The molecule has 21 heavy (non-hydrogen) atoms. The smallest absolute Gasteiger partial charge is 0.310 e. The van der Waals surface area contributed by atoms with Gasteiger partial charge in [-0.1, -0.05) is 0 Å². The van der Waals surface area contributed by atoms with Gasteiger partial charge in [0.05, 0.1) is 6.42 Å². The number of anilines is 1. The largest absolute Gasteiger partial charge is 0.460 e. The summed E-state index contributed by atoms with van der Waals surface area (Å²) in [4.78, 5) is 22.8. The lowest BCUT2D eigenvalue weighted by atomic mass is 10.0. The summed E-state index contributed by atoms with van der Waals surface area (Å²) >= 11 is 0. The number of hydrogen-bond donors (Lipinski definition) is 0. The molecule has 0 amide bonds. The highest BCUT2D eigenvalue weighted by atomic mass is 16.6. The van der Waals surface area contributed by atoms with Gasteiger partial charge in [0.2, 0.25) is 5.95 Å². The number of nitrogens with zero attached hydrogens (tertiary/aromatic N) is 3. The molecule has 0 aliphatic carbocycles. The van der Waals surface area contributed by atoms with Crippen LogP contribution < -0.4 is 4.90 Å². The van der Waals surface area contributed by atoms with E-state index in [9.17, 15) is 4.79 Å². The molecule has 0 N–H and O–H groups in total. The molecule has 0 spiro atoms. The molecule has 2 heterocycles. The van der Waals surface area contributed by atoms with Crippen LogP contribution in [0.2, 0.25) is 0 Å². The van der Waals surface area contributed by atoms with Gasteiger partial charge in [-0.15, -0.1) is 0 Å². The standard InChI is InChI=1S/C16H25N3O2/c1-12-7-5-6-8-19(12)15-17-10-13(11-18-15)9-14(20)21-16(2,3)4/h10-12H,5-9H2,1-4H3. The molecular formula is C16H25N3O2. The van der Waals surface area contributed by atoms with Crippen molar-refractivity contribution in [2.45, 2.75) is 65.0 Å². The molecule has 5 nitrogen and oxygen atoms in total. The van der Waals surface area contributed by atoms with Crippen molar-refractivity contribution in [2.75, 3.05) is 11.4 Å². The molecule has 1 saturated heterocycles. The number of ether oxygens (including phenoxy) is 1. The minimum atomic E-state index is -0.457. The zero-order chi connectivity index (χ0) is 15.5. The lowest BCUT2D eigenvalue weighted by molar-refractivity contribution is -0.153. The number of carbonyl (C=O) groups is 1. The number of rotatable bonds is 3. The predicted octanol–water partition coefficient (Wildman–Crippen LogP) is 2.74. The lowest BCUT2D eigenvalue weighted by Gasteiger charge is -2.33. The molecule has 1 aliphatic heterocycles. The Morgan fingerprint density at radius 2 is 2.00 bits per heavy atom. The third-order valence-electron chi connectivity index (χ3n) is 3.52. The fourth-order valence-electron chi connectivity index (χ4n) is 2.53. The van der Waals surface area contributed by atoms with Crippen LogP contribution in [0.25, 0.3) is 0 Å². The van der Waals surface area contributed by atoms with Gasteiger partial charge in [-0.05, 0) is 47.0 Å². The normalized spacial score (nSPS) is 19.4. The van der Waals surface area contributed by atoms with Gasteiger partial charge in [0.15, 0.2) is 0 Å². The maximum atomic E-state index is 11.8. The third kappa shape index (κ3) is 4.69. The number of esters is 1. The van der Waals surface area contributed by atoms with Crippen molar-refractivity contribution in [3.63, 3.8) is 0 Å². The first-order valence-electron chi connectivity index (χ1n) is 7.64. The molecule has 1 atom stereocenters. The summed E-state index contributed by atoms with van der Waals surface area (Å²) in [5, 5.41) is 0. The average Bonchev–Trinajstić information content (AvgIpc) is 2.38. The van der Waals surface area contributed by atoms with Crippen LogP contribution in [0.4, 0.5) is 5.95 Å². The number of piperidine rings is 1. The van der Waals surface area contributed by atoms with Gasteiger partial charge >= 0.3 is 5.97 Å². The Balaban J connectivity index is 1.97. The Hall–Kier alpha value is -1.65. The maximum absolute atomic E-state index is 11.8. The SMILES string of the molecule is CC1CCCCN1c1ncc(CC(=O)OC(C)(C)C)cn1. The van der Waals surface area contributed by atoms with E-state index in [0.717, 1.165) is 18.1 Å². The highest BCUT2D eigenvalue weighted by molar-refractivity contribution is 5.72. The molecule has 0 saturated carbocycles. The van der Waals surface area contributed by atoms with Gasteiger partial charge < -0.3 is 9.64 Å². The van der Waals surface area contributed by atoms with Crippen LogP contribution in [0.3, 0.4) is 0 Å². The van der Waals surface area contributed by atoms with E-state index in [1.807, 2.05) is 20.8 Å². The monoisotopic (exact) mass is 291 g/mol. The first kappa shape index (κ1) is 15.7. The predicted molar refractivity (Wildman–Crippen MR) is 82.2 cm³/mol. The molecule has 116 valence electrons. The van der Waals surface area contributed by atoms with Gasteiger partial charge in [-0.25, -0.2) is 9.97 Å². The number of carbonyl (C=O) groups excluding carboxylic acids is 1. The summed E-state index contributed by atoms with van der Waals surface area (Å²) in [5.41, 5.74) is 0.332. The topological polar surface area (TPSA) is 55.3 Å². The van der Waals surface area contributed by atoms with E-state index < -0.39 is 5.60 Å². The minimum Gasteiger partial charge on any atom is -0.460 e. The van der Waals surface area contributed by atoms with E-state index >= 15 is 0 Å². The van der Waals surface area contributed by atoms with Crippen LogP contribution >= 0.6 is 0 Å². The first-order chi connectivity index (χ1) is 9.85. The van der Waals surface area contributed by atoms with Gasteiger partial charge in [0.25, 0.3) is 0 Å². The molecule has 1 unspecified atom stereocenters. The second-order valence-corrected chi connectivity index (χ2v) is 6.69. The molecule has 1 aromatic rings. The van der Waals surface area contributed by atoms with Crippen LogP contribution in [0.15, 0.2) is 12.4 Å². The molecule has 1 aliphatic rings. The molecule has 1 fully saturated rings. The Morgan fingerprint density at radius 1 is 1.33 bits per heavy atom. The minimum absolute atomic E-state index is 0.215. The van der Waals surface area contributed by atoms with E-state index in [0.29, 0.717) is 6.04 Å². The van der Waals surface area contributed by atoms with Gasteiger partial charge in [-0.2, -0.15) is 0 Å². The molecule has 0 radical (unpaired) electrons. The van der Waals surface area contributed by atoms with Crippen molar-refractivity contribution in [2.24, 2.45) is 0 Å². The molecule has 2 rings (SSSR count). The molecule has 0 aromatic carbocycles. The van der Waals surface area contributed by atoms with E-state index in [-0.39, 0.29) is 12.4 Å². The second kappa shape index (κ2) is 6.41. The molecule has 5 heteroatoms. The summed E-state index contributed by atoms with van der Waals surface area (Å²) in [7, 11) is 0. The number of aromatic nitrogens is 2. The Bertz CT molecular complexity index is 479. The lowest BCUT2D eigenvalue weighted by Crippen LogP contribution is -2.38. The van der Waals surface area contributed by atoms with Crippen molar-refractivity contribution in [3.05, 3.63) is 18.0 Å². The Kier molecular flexibility index (Phi) is 4.80. The zero-order valence-electron chi connectivity index (χ0n) is 13.4. The highest BCUT2D eigenvalue weighted by Gasteiger charge is 2.21. The van der Waals surface area contributed by atoms with Gasteiger partial charge in [0, 0.05) is 30.5 Å². The second-order valence-electron chi connectivity index (χ2n) is 6.69. The van der Waals surface area contributed by atoms with Crippen LogP contribution in [-0.2, 0) is 16.0 Å². The summed E-state index contributed by atoms with van der Waals surface area (Å²) < 4.78 is 5.30. The fourth-order valence-corrected chi connectivity index (χ4v) is 2.53. The quantitative estimate of drug-likeness (QED) is 0.801. The highest BCUT2D eigenvalue weighted by Crippen LogP contribution is 2.21. The van der Waals surface area contributed by atoms with E-state index in [1.165, 1.54) is 19.3 Å². The zero-order valence-corrected chi connectivity index (χ0v) is 13.4. The average molecular weight is 291 g/mol. The molecular weight excluding hydrogens is 266 g/mol. The summed E-state index contributed by atoms with van der Waals surface area (Å²) in [5.74, 6) is 0.514. The Labute approximate surface area is 126 Å². The van der Waals surface area contributed by atoms with Crippen molar-refractivity contribution in [1.29, 1.82) is 0 Å². The van der Waals surface area contributed by atoms with Crippen molar-refractivity contribution in [1.82, 2.24) is 9.97 Å². The molecule has 1 aromatic heterocycles. The number of hydrogen-bond acceptors (Lipinski definition) is 5. The Morgan fingerprint density at radius 3 is 2.57 bits per heavy atom. The van der Waals surface area contributed by atoms with Gasteiger partial charge in [0.1, 0.15) is 5.60 Å². The first-order valence-corrected chi connectivity index (χ1v) is 7.64.